The van der Waals surface area contributed by atoms with E-state index < -0.39 is 0 Å². The predicted octanol–water partition coefficient (Wildman–Crippen LogP) is 3.12. The fraction of sp³-hybridized carbons (Fsp3) is 0.778. The number of hydrogen-bond acceptors (Lipinski definition) is 2. The van der Waals surface area contributed by atoms with E-state index in [2.05, 4.69) is 30.8 Å². The van der Waals surface area contributed by atoms with Gasteiger partial charge in [-0.3, -0.25) is 9.79 Å². The van der Waals surface area contributed by atoms with Gasteiger partial charge in [0.1, 0.15) is 0 Å². The second-order valence-electron chi connectivity index (χ2n) is 6.71. The summed E-state index contributed by atoms with van der Waals surface area (Å²) in [6.07, 6.45) is 8.17. The molecule has 0 unspecified atom stereocenters. The molecule has 1 amide bonds. The Kier molecular flexibility index (Phi) is 11.3. The first-order valence-electron chi connectivity index (χ1n) is 8.79. The Morgan fingerprint density at radius 1 is 1.29 bits per heavy atom. The van der Waals surface area contributed by atoms with Crippen LogP contribution in [0.2, 0.25) is 0 Å². The number of allylic oxidation sites excluding steroid dienone is 1. The molecule has 24 heavy (non-hydrogen) atoms. The van der Waals surface area contributed by atoms with Crippen LogP contribution >= 0.6 is 24.0 Å². The molecule has 0 saturated heterocycles. The maximum absolute atomic E-state index is 12.6. The van der Waals surface area contributed by atoms with E-state index in [9.17, 15) is 4.79 Å². The molecule has 0 aliphatic heterocycles. The number of amides is 1. The third kappa shape index (κ3) is 6.61. The van der Waals surface area contributed by atoms with Gasteiger partial charge >= 0.3 is 0 Å². The smallest absolute Gasteiger partial charge is 0.230 e. The SMILES string of the molecule is C=CCCCN(C)C(=NCC1(C(=O)N(C)C)CCCC1)NCC.I. The monoisotopic (exact) mass is 450 g/mol. The van der Waals surface area contributed by atoms with Crippen molar-refractivity contribution >= 4 is 35.8 Å². The largest absolute Gasteiger partial charge is 0.357 e. The lowest BCUT2D eigenvalue weighted by molar-refractivity contribution is -0.138. The molecule has 5 nitrogen and oxygen atoms in total. The molecule has 1 aliphatic carbocycles. The van der Waals surface area contributed by atoms with E-state index >= 15 is 0 Å². The first kappa shape index (κ1) is 23.2. The van der Waals surface area contributed by atoms with E-state index in [4.69, 9.17) is 4.99 Å². The van der Waals surface area contributed by atoms with Gasteiger partial charge < -0.3 is 15.1 Å². The van der Waals surface area contributed by atoms with Gasteiger partial charge in [0.05, 0.1) is 12.0 Å². The quantitative estimate of drug-likeness (QED) is 0.203. The van der Waals surface area contributed by atoms with Gasteiger partial charge in [0.2, 0.25) is 5.91 Å². The van der Waals surface area contributed by atoms with Gasteiger partial charge in [0, 0.05) is 34.2 Å². The molecule has 0 spiro atoms. The molecule has 1 fully saturated rings. The fourth-order valence-corrected chi connectivity index (χ4v) is 3.24. The number of guanidine groups is 1. The minimum absolute atomic E-state index is 0. The van der Waals surface area contributed by atoms with Crippen molar-refractivity contribution in [2.45, 2.75) is 45.4 Å². The standard InChI is InChI=1S/C18H34N4O.HI/c1-6-8-11-14-22(5)17(19-7-2)20-15-18(12-9-10-13-18)16(23)21(3)4;/h6H,1,7-15H2,2-5H3,(H,19,20);1H. The van der Waals surface area contributed by atoms with Gasteiger partial charge in [-0.15, -0.1) is 30.6 Å². The Balaban J connectivity index is 0.00000529. The highest BCUT2D eigenvalue weighted by molar-refractivity contribution is 14.0. The number of halogens is 1. The number of hydrogen-bond donors (Lipinski definition) is 1. The number of nitrogens with one attached hydrogen (secondary N) is 1. The van der Waals surface area contributed by atoms with Crippen molar-refractivity contribution in [3.05, 3.63) is 12.7 Å². The molecule has 0 aromatic carbocycles. The van der Waals surface area contributed by atoms with E-state index in [0.29, 0.717) is 6.54 Å². The van der Waals surface area contributed by atoms with Gasteiger partial charge in [0.15, 0.2) is 5.96 Å². The summed E-state index contributed by atoms with van der Waals surface area (Å²) in [5.74, 6) is 1.12. The Hall–Kier alpha value is -0.790. The molecular formula is C18H35IN4O. The van der Waals surface area contributed by atoms with E-state index in [0.717, 1.165) is 57.6 Å². The fourth-order valence-electron chi connectivity index (χ4n) is 3.24. The lowest BCUT2D eigenvalue weighted by Crippen LogP contribution is -2.43. The molecule has 1 N–H and O–H groups in total. The van der Waals surface area contributed by atoms with Crippen molar-refractivity contribution in [1.82, 2.24) is 15.1 Å². The summed E-state index contributed by atoms with van der Waals surface area (Å²) >= 11 is 0. The summed E-state index contributed by atoms with van der Waals surface area (Å²) in [6, 6.07) is 0. The van der Waals surface area contributed by atoms with Gasteiger partial charge in [0.25, 0.3) is 0 Å². The van der Waals surface area contributed by atoms with Gasteiger partial charge in [-0.2, -0.15) is 0 Å². The van der Waals surface area contributed by atoms with Crippen molar-refractivity contribution < 1.29 is 4.79 Å². The van der Waals surface area contributed by atoms with E-state index in [1.807, 2.05) is 20.2 Å². The van der Waals surface area contributed by atoms with E-state index in [1.54, 1.807) is 4.90 Å². The Labute approximate surface area is 165 Å². The predicted molar refractivity (Wildman–Crippen MR) is 113 cm³/mol. The molecule has 140 valence electrons. The van der Waals surface area contributed by atoms with Crippen molar-refractivity contribution in [3.63, 3.8) is 0 Å². The Morgan fingerprint density at radius 3 is 2.42 bits per heavy atom. The van der Waals surface area contributed by atoms with Crippen molar-refractivity contribution in [1.29, 1.82) is 0 Å². The summed E-state index contributed by atoms with van der Waals surface area (Å²) in [7, 11) is 5.75. The van der Waals surface area contributed by atoms with Crippen LogP contribution in [-0.2, 0) is 4.79 Å². The molecule has 0 radical (unpaired) electrons. The van der Waals surface area contributed by atoms with Gasteiger partial charge in [-0.05, 0) is 32.6 Å². The number of aliphatic imine (C=N–C) groups is 1. The maximum Gasteiger partial charge on any atom is 0.230 e. The first-order valence-corrected chi connectivity index (χ1v) is 8.79. The number of unbranched alkanes of at least 4 members (excludes halogenated alkanes) is 1. The van der Waals surface area contributed by atoms with Crippen LogP contribution in [0.1, 0.15) is 45.4 Å². The molecule has 6 heteroatoms. The molecule has 0 aromatic heterocycles. The number of carbonyl (C=O) groups is 1. The summed E-state index contributed by atoms with van der Waals surface area (Å²) in [5, 5.41) is 3.34. The minimum Gasteiger partial charge on any atom is -0.357 e. The number of carbonyl (C=O) groups excluding carboxylic acids is 1. The summed E-state index contributed by atoms with van der Waals surface area (Å²) < 4.78 is 0. The summed E-state index contributed by atoms with van der Waals surface area (Å²) in [5.41, 5.74) is -0.299. The molecule has 0 bridgehead atoms. The average Bonchev–Trinajstić information content (AvgIpc) is 3.00. The lowest BCUT2D eigenvalue weighted by atomic mass is 9.85. The van der Waals surface area contributed by atoms with E-state index in [-0.39, 0.29) is 35.3 Å². The van der Waals surface area contributed by atoms with E-state index in [1.165, 1.54) is 0 Å². The normalized spacial score (nSPS) is 16.2. The third-order valence-corrected chi connectivity index (χ3v) is 4.55. The number of rotatable bonds is 8. The maximum atomic E-state index is 12.6. The summed E-state index contributed by atoms with van der Waals surface area (Å²) in [4.78, 5) is 21.3. The van der Waals surface area contributed by atoms with Crippen LogP contribution in [0.15, 0.2) is 17.6 Å². The first-order chi connectivity index (χ1) is 11.0. The highest BCUT2D eigenvalue weighted by atomic mass is 127. The molecule has 1 saturated carbocycles. The van der Waals surface area contributed by atoms with Crippen molar-refractivity contribution in [2.75, 3.05) is 40.8 Å². The third-order valence-electron chi connectivity index (χ3n) is 4.55. The van der Waals surface area contributed by atoms with Crippen LogP contribution in [0.3, 0.4) is 0 Å². The zero-order valence-corrected chi connectivity index (χ0v) is 18.1. The molecule has 0 aromatic rings. The van der Waals surface area contributed by atoms with Crippen LogP contribution in [0.4, 0.5) is 0 Å². The molecule has 0 heterocycles. The molecule has 1 aliphatic rings. The summed E-state index contributed by atoms with van der Waals surface area (Å²) in [6.45, 7) is 8.19. The Bertz CT molecular complexity index is 417. The molecule has 1 rings (SSSR count). The highest BCUT2D eigenvalue weighted by Gasteiger charge is 2.42. The van der Waals surface area contributed by atoms with Crippen molar-refractivity contribution in [2.24, 2.45) is 10.4 Å². The lowest BCUT2D eigenvalue weighted by Gasteiger charge is -2.30. The zero-order chi connectivity index (χ0) is 17.3. The van der Waals surface area contributed by atoms with Crippen LogP contribution in [0.25, 0.3) is 0 Å². The Morgan fingerprint density at radius 2 is 1.92 bits per heavy atom. The topological polar surface area (TPSA) is 47.9 Å². The van der Waals surface area contributed by atoms with Gasteiger partial charge in [-0.1, -0.05) is 18.9 Å². The second-order valence-corrected chi connectivity index (χ2v) is 6.71. The van der Waals surface area contributed by atoms with Gasteiger partial charge in [-0.25, -0.2) is 0 Å². The zero-order valence-electron chi connectivity index (χ0n) is 15.8. The van der Waals surface area contributed by atoms with Crippen LogP contribution in [-0.4, -0.2) is 62.4 Å². The van der Waals surface area contributed by atoms with Crippen LogP contribution in [0.5, 0.6) is 0 Å². The van der Waals surface area contributed by atoms with Crippen LogP contribution in [0, 0.1) is 5.41 Å². The average molecular weight is 450 g/mol. The van der Waals surface area contributed by atoms with Crippen LogP contribution < -0.4 is 5.32 Å². The molecule has 0 atom stereocenters. The molecular weight excluding hydrogens is 415 g/mol. The second kappa shape index (κ2) is 11.7. The highest BCUT2D eigenvalue weighted by Crippen LogP contribution is 2.39. The number of nitrogens with zero attached hydrogens (tertiary/aromatic N) is 3. The van der Waals surface area contributed by atoms with Crippen molar-refractivity contribution in [3.8, 4) is 0 Å². The minimum atomic E-state index is -0.299.